The van der Waals surface area contributed by atoms with Crippen LogP contribution in [0.5, 0.6) is 6.01 Å². The van der Waals surface area contributed by atoms with Crippen molar-refractivity contribution in [2.75, 3.05) is 12.4 Å². The van der Waals surface area contributed by atoms with Crippen LogP contribution in [0.1, 0.15) is 9.67 Å². The fraction of sp³-hybridized carbons (Fsp3) is 0.0556. The van der Waals surface area contributed by atoms with Gasteiger partial charge in [0, 0.05) is 5.69 Å². The molecule has 0 unspecified atom stereocenters. The van der Waals surface area contributed by atoms with Gasteiger partial charge in [-0.2, -0.15) is 4.98 Å². The van der Waals surface area contributed by atoms with E-state index in [2.05, 4.69) is 15.4 Å². The standard InChI is InChI=1S/C18H14N4O2S2/c1-24-18-20-16(14-4-2-10-25-14)22(21-18)13-8-6-12(7-9-13)19-17(23)15-5-3-11-26-15/h2-11H,1H3,(H,19,23). The number of carbonyl (C=O) groups is 1. The molecule has 3 aromatic heterocycles. The zero-order chi connectivity index (χ0) is 17.9. The molecule has 4 aromatic rings. The molecule has 0 atom stereocenters. The van der Waals surface area contributed by atoms with Gasteiger partial charge in [-0.3, -0.25) is 4.79 Å². The van der Waals surface area contributed by atoms with Gasteiger partial charge in [-0.05, 0) is 47.2 Å². The molecule has 0 radical (unpaired) electrons. The Morgan fingerprint density at radius 3 is 2.50 bits per heavy atom. The minimum absolute atomic E-state index is 0.116. The first-order valence-corrected chi connectivity index (χ1v) is 9.51. The Morgan fingerprint density at radius 2 is 1.85 bits per heavy atom. The Bertz CT molecular complexity index is 1010. The molecular weight excluding hydrogens is 368 g/mol. The summed E-state index contributed by atoms with van der Waals surface area (Å²) in [6.45, 7) is 0. The second-order valence-electron chi connectivity index (χ2n) is 5.29. The quantitative estimate of drug-likeness (QED) is 0.558. The number of nitrogens with one attached hydrogen (secondary N) is 1. The van der Waals surface area contributed by atoms with Gasteiger partial charge < -0.3 is 10.1 Å². The molecule has 0 aliphatic carbocycles. The zero-order valence-electron chi connectivity index (χ0n) is 13.7. The second-order valence-corrected chi connectivity index (χ2v) is 7.18. The molecule has 4 rings (SSSR count). The summed E-state index contributed by atoms with van der Waals surface area (Å²) in [6.07, 6.45) is 0. The molecule has 26 heavy (non-hydrogen) atoms. The van der Waals surface area contributed by atoms with Crippen LogP contribution in [0.3, 0.4) is 0 Å². The van der Waals surface area contributed by atoms with Crippen LogP contribution in [0.25, 0.3) is 16.4 Å². The van der Waals surface area contributed by atoms with E-state index in [1.807, 2.05) is 53.2 Å². The molecule has 0 spiro atoms. The van der Waals surface area contributed by atoms with Gasteiger partial charge in [-0.1, -0.05) is 12.1 Å². The fourth-order valence-electron chi connectivity index (χ4n) is 2.41. The summed E-state index contributed by atoms with van der Waals surface area (Å²) in [6, 6.07) is 15.4. The van der Waals surface area contributed by atoms with Crippen LogP contribution in [0.2, 0.25) is 0 Å². The predicted octanol–water partition coefficient (Wildman–Crippen LogP) is 4.32. The fourth-order valence-corrected chi connectivity index (χ4v) is 3.73. The van der Waals surface area contributed by atoms with Crippen LogP contribution >= 0.6 is 22.7 Å². The minimum Gasteiger partial charge on any atom is -0.466 e. The average Bonchev–Trinajstić information content (AvgIpc) is 3.42. The van der Waals surface area contributed by atoms with Crippen molar-refractivity contribution in [1.82, 2.24) is 14.8 Å². The van der Waals surface area contributed by atoms with E-state index in [1.165, 1.54) is 11.3 Å². The van der Waals surface area contributed by atoms with Gasteiger partial charge >= 0.3 is 6.01 Å². The lowest BCUT2D eigenvalue weighted by molar-refractivity contribution is 0.103. The summed E-state index contributed by atoms with van der Waals surface area (Å²) in [5.74, 6) is 0.599. The molecule has 130 valence electrons. The Labute approximate surface area is 157 Å². The maximum Gasteiger partial charge on any atom is 0.336 e. The number of benzene rings is 1. The number of hydrogen-bond donors (Lipinski definition) is 1. The van der Waals surface area contributed by atoms with E-state index < -0.39 is 0 Å². The van der Waals surface area contributed by atoms with Crippen molar-refractivity contribution in [2.45, 2.75) is 0 Å². The van der Waals surface area contributed by atoms with E-state index in [0.29, 0.717) is 16.7 Å². The Balaban J connectivity index is 1.61. The van der Waals surface area contributed by atoms with Crippen LogP contribution in [0.4, 0.5) is 5.69 Å². The van der Waals surface area contributed by atoms with Gasteiger partial charge in [0.15, 0.2) is 5.82 Å². The predicted molar refractivity (Wildman–Crippen MR) is 103 cm³/mol. The molecule has 0 aliphatic heterocycles. The van der Waals surface area contributed by atoms with E-state index in [1.54, 1.807) is 29.2 Å². The van der Waals surface area contributed by atoms with Crippen LogP contribution in [-0.4, -0.2) is 27.8 Å². The first-order chi connectivity index (χ1) is 12.7. The zero-order valence-corrected chi connectivity index (χ0v) is 15.4. The highest BCUT2D eigenvalue weighted by atomic mass is 32.1. The number of rotatable bonds is 5. The first kappa shape index (κ1) is 16.5. The van der Waals surface area contributed by atoms with Gasteiger partial charge in [0.1, 0.15) is 0 Å². The third kappa shape index (κ3) is 3.24. The number of anilines is 1. The number of thiophene rings is 2. The maximum atomic E-state index is 12.1. The molecule has 0 fully saturated rings. The lowest BCUT2D eigenvalue weighted by atomic mass is 10.2. The van der Waals surface area contributed by atoms with Crippen LogP contribution < -0.4 is 10.1 Å². The molecule has 1 amide bonds. The molecule has 1 aromatic carbocycles. The van der Waals surface area contributed by atoms with E-state index in [-0.39, 0.29) is 5.91 Å². The van der Waals surface area contributed by atoms with E-state index in [9.17, 15) is 4.79 Å². The van der Waals surface area contributed by atoms with Crippen LogP contribution in [0.15, 0.2) is 59.3 Å². The van der Waals surface area contributed by atoms with Gasteiger partial charge in [-0.15, -0.1) is 27.8 Å². The normalized spacial score (nSPS) is 10.7. The highest BCUT2D eigenvalue weighted by molar-refractivity contribution is 7.13. The highest BCUT2D eigenvalue weighted by Crippen LogP contribution is 2.27. The Hall–Kier alpha value is -2.97. The van der Waals surface area contributed by atoms with Gasteiger partial charge in [-0.25, -0.2) is 4.68 Å². The van der Waals surface area contributed by atoms with Crippen molar-refractivity contribution in [3.05, 3.63) is 64.2 Å². The number of ether oxygens (including phenoxy) is 1. The second kappa shape index (κ2) is 7.11. The molecule has 0 saturated heterocycles. The van der Waals surface area contributed by atoms with Crippen LogP contribution in [-0.2, 0) is 0 Å². The summed E-state index contributed by atoms with van der Waals surface area (Å²) in [5.41, 5.74) is 1.55. The summed E-state index contributed by atoms with van der Waals surface area (Å²) >= 11 is 2.99. The molecule has 6 nitrogen and oxygen atoms in total. The number of hydrogen-bond acceptors (Lipinski definition) is 6. The molecule has 8 heteroatoms. The van der Waals surface area contributed by atoms with E-state index in [4.69, 9.17) is 4.74 Å². The van der Waals surface area contributed by atoms with Crippen molar-refractivity contribution < 1.29 is 9.53 Å². The van der Waals surface area contributed by atoms with E-state index in [0.717, 1.165) is 16.3 Å². The number of amides is 1. The molecule has 1 N–H and O–H groups in total. The molecule has 3 heterocycles. The van der Waals surface area contributed by atoms with Gasteiger partial charge in [0.25, 0.3) is 5.91 Å². The van der Waals surface area contributed by atoms with Gasteiger partial charge in [0.05, 0.1) is 22.6 Å². The van der Waals surface area contributed by atoms with Crippen molar-refractivity contribution in [2.24, 2.45) is 0 Å². The largest absolute Gasteiger partial charge is 0.466 e. The molecular formula is C18H14N4O2S2. The SMILES string of the molecule is COc1nc(-c2cccs2)n(-c2ccc(NC(=O)c3cccs3)cc2)n1. The van der Waals surface area contributed by atoms with Crippen molar-refractivity contribution in [1.29, 1.82) is 0 Å². The summed E-state index contributed by atoms with van der Waals surface area (Å²) in [5, 5.41) is 11.1. The van der Waals surface area contributed by atoms with Crippen LogP contribution in [0, 0.1) is 0 Å². The molecule has 0 aliphatic rings. The topological polar surface area (TPSA) is 69.0 Å². The monoisotopic (exact) mass is 382 g/mol. The summed E-state index contributed by atoms with van der Waals surface area (Å²) < 4.78 is 6.91. The van der Waals surface area contributed by atoms with Crippen molar-refractivity contribution in [3.63, 3.8) is 0 Å². The third-order valence-electron chi connectivity index (χ3n) is 3.63. The summed E-state index contributed by atoms with van der Waals surface area (Å²) in [7, 11) is 1.54. The van der Waals surface area contributed by atoms with Crippen molar-refractivity contribution in [3.8, 4) is 22.4 Å². The third-order valence-corrected chi connectivity index (χ3v) is 5.36. The van der Waals surface area contributed by atoms with E-state index >= 15 is 0 Å². The smallest absolute Gasteiger partial charge is 0.336 e. The number of nitrogens with zero attached hydrogens (tertiary/aromatic N) is 3. The highest BCUT2D eigenvalue weighted by Gasteiger charge is 2.15. The summed E-state index contributed by atoms with van der Waals surface area (Å²) in [4.78, 5) is 18.2. The molecule has 0 bridgehead atoms. The van der Waals surface area contributed by atoms with Gasteiger partial charge in [0.2, 0.25) is 0 Å². The first-order valence-electron chi connectivity index (χ1n) is 7.75. The number of aromatic nitrogens is 3. The molecule has 0 saturated carbocycles. The Kier molecular flexibility index (Phi) is 4.51. The average molecular weight is 382 g/mol. The van der Waals surface area contributed by atoms with Crippen molar-refractivity contribution >= 4 is 34.3 Å². The minimum atomic E-state index is -0.116. The number of methoxy groups -OCH3 is 1. The lowest BCUT2D eigenvalue weighted by Crippen LogP contribution is -2.10. The lowest BCUT2D eigenvalue weighted by Gasteiger charge is -2.07. The maximum absolute atomic E-state index is 12.1. The number of carbonyl (C=O) groups excluding carboxylic acids is 1. The Morgan fingerprint density at radius 1 is 1.08 bits per heavy atom.